The molecule has 1 unspecified atom stereocenters. The SMILES string of the molecule is COc1ccc(-c2cc3cc(N(C)C)ccc3c(OC3C[C@H]4C(=O)N[C@]5(C(=O)NS(=O)(=O)C6CC6)C[C@H]5/C=C\COCCC[C@H](NC(=O)OC(C)(C)C)C(=O)N4C3)n2)cc1. The molecule has 2 aliphatic heterocycles. The molecule has 2 aromatic carbocycles. The maximum atomic E-state index is 14.7. The van der Waals surface area contributed by atoms with E-state index in [2.05, 4.69) is 15.4 Å². The first-order valence-electron chi connectivity index (χ1n) is 20.3. The largest absolute Gasteiger partial charge is 0.497 e. The summed E-state index contributed by atoms with van der Waals surface area (Å²) in [5, 5.41) is 6.49. The zero-order chi connectivity index (χ0) is 43.0. The van der Waals surface area contributed by atoms with Crippen LogP contribution in [0.15, 0.2) is 60.7 Å². The zero-order valence-corrected chi connectivity index (χ0v) is 35.7. The molecule has 0 bridgehead atoms. The van der Waals surface area contributed by atoms with E-state index in [1.54, 1.807) is 40.0 Å². The van der Waals surface area contributed by atoms with Gasteiger partial charge in [0.05, 0.1) is 31.2 Å². The minimum Gasteiger partial charge on any atom is -0.497 e. The average Bonchev–Trinajstić information content (AvgIpc) is 4.12. The summed E-state index contributed by atoms with van der Waals surface area (Å²) in [6, 6.07) is 13.1. The Labute approximate surface area is 350 Å². The molecular formula is C43H54N6O10S. The predicted molar refractivity (Wildman–Crippen MR) is 224 cm³/mol. The summed E-state index contributed by atoms with van der Waals surface area (Å²) >= 11 is 0. The van der Waals surface area contributed by atoms with Crippen molar-refractivity contribution in [1.29, 1.82) is 0 Å². The standard InChI is InChI=1S/C43H54N6O10S/c1-42(2,3)59-41(53)45-34-10-8-20-57-19-7-9-28-24-43(28,40(52)47-60(54,55)32-16-17-32)46-37(50)36-23-31(25-49(36)39(34)51)58-38-33-18-13-29(48(4)5)21-27(33)22-35(44-38)26-11-14-30(56-6)15-12-26/h7,9,11-15,18,21-22,28,31-32,34,36H,8,10,16-17,19-20,23-25H2,1-6H3,(H,45,53)(H,46,50)(H,47,52)/b9-7-/t28-,31?,34+,36+,43-/m1/s1. The highest BCUT2D eigenvalue weighted by atomic mass is 32.2. The molecule has 16 nitrogen and oxygen atoms in total. The van der Waals surface area contributed by atoms with Gasteiger partial charge in [0.1, 0.15) is 35.1 Å². The number of amides is 4. The highest BCUT2D eigenvalue weighted by molar-refractivity contribution is 7.91. The topological polar surface area (TPSA) is 195 Å². The van der Waals surface area contributed by atoms with Crippen molar-refractivity contribution >= 4 is 50.3 Å². The Morgan fingerprint density at radius 2 is 1.80 bits per heavy atom. The van der Waals surface area contributed by atoms with Crippen LogP contribution >= 0.6 is 0 Å². The average molecular weight is 847 g/mol. The molecule has 5 atom stereocenters. The van der Waals surface area contributed by atoms with Crippen molar-refractivity contribution in [3.63, 3.8) is 0 Å². The summed E-state index contributed by atoms with van der Waals surface area (Å²) in [5.41, 5.74) is -0.0231. The Bertz CT molecular complexity index is 2270. The summed E-state index contributed by atoms with van der Waals surface area (Å²) in [7, 11) is 1.55. The maximum absolute atomic E-state index is 14.7. The second-order valence-electron chi connectivity index (χ2n) is 17.1. The lowest BCUT2D eigenvalue weighted by Crippen LogP contribution is -2.58. The number of pyridine rings is 1. The first-order chi connectivity index (χ1) is 28.5. The molecule has 1 aromatic heterocycles. The molecule has 3 N–H and O–H groups in total. The summed E-state index contributed by atoms with van der Waals surface area (Å²) in [6.07, 6.45) is 3.53. The van der Waals surface area contributed by atoms with Gasteiger partial charge in [-0.3, -0.25) is 19.1 Å². The van der Waals surface area contributed by atoms with Crippen LogP contribution in [0.1, 0.15) is 59.3 Å². The number of anilines is 1. The molecule has 0 spiro atoms. The Morgan fingerprint density at radius 1 is 1.05 bits per heavy atom. The molecule has 60 heavy (non-hydrogen) atoms. The predicted octanol–water partition coefficient (Wildman–Crippen LogP) is 4.07. The summed E-state index contributed by atoms with van der Waals surface area (Å²) in [5.74, 6) is -1.59. The molecule has 2 saturated carbocycles. The molecule has 322 valence electrons. The Hall–Kier alpha value is -5.42. The van der Waals surface area contributed by atoms with E-state index in [4.69, 9.17) is 23.9 Å². The minimum atomic E-state index is -3.94. The zero-order valence-electron chi connectivity index (χ0n) is 34.9. The quantitative estimate of drug-likeness (QED) is 0.262. The lowest BCUT2D eigenvalue weighted by Gasteiger charge is -2.30. The molecule has 3 fully saturated rings. The second-order valence-corrected chi connectivity index (χ2v) is 19.1. The van der Waals surface area contributed by atoms with Crippen LogP contribution in [-0.4, -0.2) is 118 Å². The van der Waals surface area contributed by atoms with Crippen molar-refractivity contribution in [2.75, 3.05) is 45.9 Å². The van der Waals surface area contributed by atoms with Gasteiger partial charge in [-0.25, -0.2) is 18.2 Å². The molecule has 3 aromatic rings. The smallest absolute Gasteiger partial charge is 0.408 e. The van der Waals surface area contributed by atoms with Crippen LogP contribution in [0.5, 0.6) is 11.6 Å². The van der Waals surface area contributed by atoms with Gasteiger partial charge in [0.25, 0.3) is 5.91 Å². The number of hydrogen-bond donors (Lipinski definition) is 3. The fourth-order valence-corrected chi connectivity index (χ4v) is 9.02. The minimum absolute atomic E-state index is 0.00410. The van der Waals surface area contributed by atoms with E-state index in [-0.39, 0.29) is 39.0 Å². The number of carbonyl (C=O) groups is 4. The lowest BCUT2D eigenvalue weighted by atomic mass is 10.1. The van der Waals surface area contributed by atoms with Crippen LogP contribution in [0.2, 0.25) is 0 Å². The number of hydrogen-bond acceptors (Lipinski definition) is 12. The highest BCUT2D eigenvalue weighted by Crippen LogP contribution is 2.46. The van der Waals surface area contributed by atoms with E-state index in [1.165, 1.54) is 4.90 Å². The second kappa shape index (κ2) is 16.9. The molecule has 0 radical (unpaired) electrons. The van der Waals surface area contributed by atoms with E-state index in [0.29, 0.717) is 42.0 Å². The fourth-order valence-electron chi connectivity index (χ4n) is 7.66. The van der Waals surface area contributed by atoms with Crippen LogP contribution in [0.3, 0.4) is 0 Å². The van der Waals surface area contributed by atoms with Crippen LogP contribution in [0.4, 0.5) is 10.5 Å². The van der Waals surface area contributed by atoms with Gasteiger partial charge in [0, 0.05) is 49.7 Å². The van der Waals surface area contributed by atoms with Crippen LogP contribution < -0.4 is 29.7 Å². The van der Waals surface area contributed by atoms with Gasteiger partial charge in [-0.1, -0.05) is 12.2 Å². The molecular weight excluding hydrogens is 793 g/mol. The highest BCUT2D eigenvalue weighted by Gasteiger charge is 2.62. The number of rotatable bonds is 9. The van der Waals surface area contributed by atoms with Crippen molar-refractivity contribution in [3.05, 3.63) is 60.7 Å². The Morgan fingerprint density at radius 3 is 2.48 bits per heavy atom. The first kappa shape index (κ1) is 42.7. The van der Waals surface area contributed by atoms with Gasteiger partial charge in [-0.05, 0) is 107 Å². The monoisotopic (exact) mass is 846 g/mol. The van der Waals surface area contributed by atoms with Crippen LogP contribution in [-0.2, 0) is 33.9 Å². The summed E-state index contributed by atoms with van der Waals surface area (Å²) < 4.78 is 51.4. The van der Waals surface area contributed by atoms with Gasteiger partial charge in [0.15, 0.2) is 0 Å². The normalized spacial score (nSPS) is 25.4. The van der Waals surface area contributed by atoms with Crippen molar-refractivity contribution in [2.24, 2.45) is 5.92 Å². The van der Waals surface area contributed by atoms with E-state index >= 15 is 0 Å². The van der Waals surface area contributed by atoms with Crippen molar-refractivity contribution in [1.82, 2.24) is 25.2 Å². The number of fused-ring (bicyclic) bond motifs is 3. The van der Waals surface area contributed by atoms with Crippen LogP contribution in [0.25, 0.3) is 22.0 Å². The van der Waals surface area contributed by atoms with E-state index in [1.807, 2.05) is 67.5 Å². The van der Waals surface area contributed by atoms with Gasteiger partial charge in [-0.15, -0.1) is 0 Å². The van der Waals surface area contributed by atoms with Crippen molar-refractivity contribution < 1.29 is 46.5 Å². The number of sulfonamides is 1. The molecule has 1 saturated heterocycles. The van der Waals surface area contributed by atoms with Crippen molar-refractivity contribution in [3.8, 4) is 22.9 Å². The number of nitrogens with zero attached hydrogens (tertiary/aromatic N) is 3. The van der Waals surface area contributed by atoms with Gasteiger partial charge in [0.2, 0.25) is 27.7 Å². The number of aromatic nitrogens is 1. The molecule has 7 rings (SSSR count). The first-order valence-corrected chi connectivity index (χ1v) is 21.9. The summed E-state index contributed by atoms with van der Waals surface area (Å²) in [6.45, 7) is 5.52. The number of carbonyl (C=O) groups excluding carboxylic acids is 4. The van der Waals surface area contributed by atoms with Crippen LogP contribution in [0, 0.1) is 5.92 Å². The molecule has 17 heteroatoms. The Kier molecular flexibility index (Phi) is 12.0. The van der Waals surface area contributed by atoms with E-state index in [9.17, 15) is 27.6 Å². The van der Waals surface area contributed by atoms with Crippen molar-refractivity contribution in [2.45, 2.75) is 93.9 Å². The lowest BCUT2D eigenvalue weighted by molar-refractivity contribution is -0.141. The maximum Gasteiger partial charge on any atom is 0.408 e. The number of ether oxygens (including phenoxy) is 4. The number of methoxy groups -OCH3 is 1. The fraction of sp³-hybridized carbons (Fsp3) is 0.512. The summed E-state index contributed by atoms with van der Waals surface area (Å²) in [4.78, 5) is 64.5. The third-order valence-electron chi connectivity index (χ3n) is 11.1. The molecule has 3 heterocycles. The Balaban J connectivity index is 1.24. The van der Waals surface area contributed by atoms with Gasteiger partial charge in [-0.2, -0.15) is 0 Å². The number of nitrogens with one attached hydrogen (secondary N) is 3. The van der Waals surface area contributed by atoms with E-state index < -0.39 is 74.3 Å². The third-order valence-corrected chi connectivity index (χ3v) is 12.9. The number of benzene rings is 2. The molecule has 4 aliphatic rings. The van der Waals surface area contributed by atoms with E-state index in [0.717, 1.165) is 16.6 Å². The van der Waals surface area contributed by atoms with Gasteiger partial charge < -0.3 is 39.4 Å². The number of alkyl carbamates (subject to hydrolysis) is 1. The molecule has 2 aliphatic carbocycles. The van der Waals surface area contributed by atoms with Gasteiger partial charge >= 0.3 is 6.09 Å². The third kappa shape index (κ3) is 9.62. The molecule has 4 amide bonds.